The molecule has 2 heterocycles. The van der Waals surface area contributed by atoms with E-state index in [1.807, 2.05) is 66.7 Å². The van der Waals surface area contributed by atoms with Gasteiger partial charge in [0.25, 0.3) is 0 Å². The van der Waals surface area contributed by atoms with E-state index in [1.165, 1.54) is 38.6 Å². The highest BCUT2D eigenvalue weighted by Crippen LogP contribution is 2.55. The average Bonchev–Trinajstić information content (AvgIpc) is 3.52. The molecule has 0 bridgehead atoms. The van der Waals surface area contributed by atoms with E-state index in [-0.39, 0.29) is 10.8 Å². The molecule has 49 heavy (non-hydrogen) atoms. The van der Waals surface area contributed by atoms with Gasteiger partial charge >= 0.3 is 0 Å². The van der Waals surface area contributed by atoms with Crippen molar-refractivity contribution < 1.29 is 4.42 Å². The molecule has 0 amide bonds. The van der Waals surface area contributed by atoms with Crippen molar-refractivity contribution in [3.8, 4) is 56.4 Å². The molecule has 0 radical (unpaired) electrons. The van der Waals surface area contributed by atoms with E-state index >= 15 is 0 Å². The molecule has 0 aliphatic heterocycles. The van der Waals surface area contributed by atoms with E-state index in [0.717, 1.165) is 33.4 Å². The number of hydrogen-bond donors (Lipinski definition) is 0. The Balaban J connectivity index is 1.13. The van der Waals surface area contributed by atoms with Crippen LogP contribution in [0, 0.1) is 0 Å². The molecule has 0 fully saturated rings. The Morgan fingerprint density at radius 2 is 0.878 bits per heavy atom. The lowest BCUT2D eigenvalue weighted by Gasteiger charge is -2.48. The van der Waals surface area contributed by atoms with Crippen LogP contribution in [0.4, 0.5) is 0 Å². The number of nitrogens with zero attached hydrogens (tertiary/aromatic N) is 3. The highest BCUT2D eigenvalue weighted by molar-refractivity contribution is 6.07. The summed E-state index contributed by atoms with van der Waals surface area (Å²) in [6.07, 6.45) is 0. The maximum atomic E-state index is 6.35. The maximum absolute atomic E-state index is 6.35. The highest BCUT2D eigenvalue weighted by atomic mass is 16.3. The van der Waals surface area contributed by atoms with Gasteiger partial charge in [0.15, 0.2) is 17.5 Å². The van der Waals surface area contributed by atoms with Crippen molar-refractivity contribution in [1.82, 2.24) is 15.0 Å². The van der Waals surface area contributed by atoms with E-state index < -0.39 is 0 Å². The second kappa shape index (κ2) is 10.8. The molecular formula is C45H35N3O. The summed E-state index contributed by atoms with van der Waals surface area (Å²) < 4.78 is 6.35. The Bertz CT molecular complexity index is 2470. The SMILES string of the molecule is CC1(C)c2cc(-c3ccc(-c4nc(-c5ccccc5)nc(-c5ccccc5)n4)cc3)ccc2-c2cc3oc4ccccc4c3cc2C1(C)C. The molecule has 0 saturated heterocycles. The van der Waals surface area contributed by atoms with Crippen molar-refractivity contribution in [2.45, 2.75) is 38.5 Å². The third kappa shape index (κ3) is 4.62. The van der Waals surface area contributed by atoms with Crippen molar-refractivity contribution in [2.75, 3.05) is 0 Å². The summed E-state index contributed by atoms with van der Waals surface area (Å²) in [5.41, 5.74) is 12.1. The Labute approximate surface area is 286 Å². The van der Waals surface area contributed by atoms with Crippen LogP contribution >= 0.6 is 0 Å². The van der Waals surface area contributed by atoms with Crippen LogP contribution in [0.15, 0.2) is 144 Å². The number of hydrogen-bond acceptors (Lipinski definition) is 4. The molecular weight excluding hydrogens is 599 g/mol. The van der Waals surface area contributed by atoms with E-state index in [0.29, 0.717) is 17.5 Å². The van der Waals surface area contributed by atoms with Gasteiger partial charge in [0, 0.05) is 27.5 Å². The number of benzene rings is 6. The van der Waals surface area contributed by atoms with Crippen molar-refractivity contribution in [3.63, 3.8) is 0 Å². The monoisotopic (exact) mass is 633 g/mol. The van der Waals surface area contributed by atoms with Gasteiger partial charge in [-0.1, -0.05) is 143 Å². The Morgan fingerprint density at radius 3 is 1.49 bits per heavy atom. The van der Waals surface area contributed by atoms with Gasteiger partial charge in [-0.25, -0.2) is 15.0 Å². The van der Waals surface area contributed by atoms with Gasteiger partial charge < -0.3 is 4.42 Å². The summed E-state index contributed by atoms with van der Waals surface area (Å²) in [7, 11) is 0. The first kappa shape index (κ1) is 29.3. The first-order valence-electron chi connectivity index (χ1n) is 16.9. The molecule has 0 atom stereocenters. The molecule has 8 aromatic rings. The van der Waals surface area contributed by atoms with Crippen molar-refractivity contribution in [1.29, 1.82) is 0 Å². The second-order valence-corrected chi connectivity index (χ2v) is 14.1. The Hall–Kier alpha value is -5.87. The summed E-state index contributed by atoms with van der Waals surface area (Å²) in [6, 6.07) is 48.7. The van der Waals surface area contributed by atoms with Crippen molar-refractivity contribution in [2.24, 2.45) is 0 Å². The van der Waals surface area contributed by atoms with Crippen LogP contribution in [0.25, 0.3) is 78.4 Å². The number of fused-ring (bicyclic) bond motifs is 6. The third-order valence-corrected chi connectivity index (χ3v) is 10.9. The normalized spacial score (nSPS) is 14.4. The number of rotatable bonds is 4. The fourth-order valence-electron chi connectivity index (χ4n) is 7.41. The largest absolute Gasteiger partial charge is 0.456 e. The lowest BCUT2D eigenvalue weighted by atomic mass is 9.55. The molecule has 0 unspecified atom stereocenters. The molecule has 6 aromatic carbocycles. The van der Waals surface area contributed by atoms with Crippen LogP contribution < -0.4 is 0 Å². The molecule has 2 aromatic heterocycles. The minimum atomic E-state index is -0.120. The van der Waals surface area contributed by atoms with Gasteiger partial charge in [-0.2, -0.15) is 0 Å². The zero-order valence-electron chi connectivity index (χ0n) is 28.0. The van der Waals surface area contributed by atoms with Gasteiger partial charge in [0.1, 0.15) is 11.2 Å². The van der Waals surface area contributed by atoms with Crippen LogP contribution in [0.1, 0.15) is 38.8 Å². The zero-order chi connectivity index (χ0) is 33.3. The van der Waals surface area contributed by atoms with E-state index in [4.69, 9.17) is 19.4 Å². The average molecular weight is 634 g/mol. The quantitative estimate of drug-likeness (QED) is 0.193. The molecule has 0 N–H and O–H groups in total. The lowest BCUT2D eigenvalue weighted by molar-refractivity contribution is 0.299. The van der Waals surface area contributed by atoms with Crippen molar-refractivity contribution in [3.05, 3.63) is 151 Å². The first-order chi connectivity index (χ1) is 23.8. The predicted octanol–water partition coefficient (Wildman–Crippen LogP) is 11.7. The van der Waals surface area contributed by atoms with Gasteiger partial charge in [0.05, 0.1) is 0 Å². The molecule has 9 rings (SSSR count). The van der Waals surface area contributed by atoms with Crippen LogP contribution in [0.2, 0.25) is 0 Å². The second-order valence-electron chi connectivity index (χ2n) is 14.1. The molecule has 4 heteroatoms. The van der Waals surface area contributed by atoms with Crippen LogP contribution in [0.5, 0.6) is 0 Å². The fourth-order valence-corrected chi connectivity index (χ4v) is 7.41. The van der Waals surface area contributed by atoms with Crippen LogP contribution in [0.3, 0.4) is 0 Å². The number of para-hydroxylation sites is 1. The summed E-state index contributed by atoms with van der Waals surface area (Å²) in [5.74, 6) is 1.97. The molecule has 0 saturated carbocycles. The summed E-state index contributed by atoms with van der Waals surface area (Å²) in [4.78, 5) is 14.7. The smallest absolute Gasteiger partial charge is 0.164 e. The lowest BCUT2D eigenvalue weighted by Crippen LogP contribution is -2.43. The molecule has 0 spiro atoms. The zero-order valence-corrected chi connectivity index (χ0v) is 28.0. The summed E-state index contributed by atoms with van der Waals surface area (Å²) >= 11 is 0. The fraction of sp³-hybridized carbons (Fsp3) is 0.133. The number of furan rings is 1. The predicted molar refractivity (Wildman–Crippen MR) is 200 cm³/mol. The Morgan fingerprint density at radius 1 is 0.388 bits per heavy atom. The van der Waals surface area contributed by atoms with Crippen LogP contribution in [-0.2, 0) is 10.8 Å². The molecule has 1 aliphatic carbocycles. The molecule has 236 valence electrons. The van der Waals surface area contributed by atoms with E-state index in [1.54, 1.807) is 0 Å². The summed E-state index contributed by atoms with van der Waals surface area (Å²) in [5, 5.41) is 2.35. The summed E-state index contributed by atoms with van der Waals surface area (Å²) in [6.45, 7) is 9.53. The van der Waals surface area contributed by atoms with Gasteiger partial charge in [-0.3, -0.25) is 0 Å². The Kier molecular flexibility index (Phi) is 6.47. The standard InChI is InChI=1S/C45H35N3O/c1-44(2)37-25-32(23-24-33(37)35-27-40-36(26-38(35)45(44,3)4)34-17-11-12-18-39(34)49-40)28-19-21-31(22-20-28)43-47-41(29-13-7-5-8-14-29)46-42(48-43)30-15-9-6-10-16-30/h5-27H,1-4H3. The third-order valence-electron chi connectivity index (χ3n) is 10.9. The number of aromatic nitrogens is 3. The maximum Gasteiger partial charge on any atom is 0.164 e. The molecule has 4 nitrogen and oxygen atoms in total. The highest BCUT2D eigenvalue weighted by Gasteiger charge is 2.46. The van der Waals surface area contributed by atoms with Crippen molar-refractivity contribution >= 4 is 21.9 Å². The molecule has 1 aliphatic rings. The first-order valence-corrected chi connectivity index (χ1v) is 16.9. The van der Waals surface area contributed by atoms with E-state index in [9.17, 15) is 0 Å². The van der Waals surface area contributed by atoms with Crippen LogP contribution in [-0.4, -0.2) is 15.0 Å². The minimum absolute atomic E-state index is 0.115. The topological polar surface area (TPSA) is 51.8 Å². The minimum Gasteiger partial charge on any atom is -0.456 e. The van der Waals surface area contributed by atoms with Gasteiger partial charge in [0.2, 0.25) is 0 Å². The van der Waals surface area contributed by atoms with Gasteiger partial charge in [-0.05, 0) is 68.5 Å². The van der Waals surface area contributed by atoms with Gasteiger partial charge in [-0.15, -0.1) is 0 Å². The van der Waals surface area contributed by atoms with E-state index in [2.05, 4.69) is 100 Å².